The van der Waals surface area contributed by atoms with Crippen molar-refractivity contribution in [1.82, 2.24) is 5.32 Å². The molecule has 0 aromatic heterocycles. The Kier molecular flexibility index (Phi) is 8.40. The second kappa shape index (κ2) is 9.20. The highest BCUT2D eigenvalue weighted by Crippen LogP contribution is 2.23. The minimum absolute atomic E-state index is 0.188. The molecule has 0 aliphatic carbocycles. The molecule has 1 rings (SSSR count). The third-order valence-electron chi connectivity index (χ3n) is 2.86. The van der Waals surface area contributed by atoms with E-state index in [1.807, 2.05) is 0 Å². The normalized spacial score (nSPS) is 11.9. The molecule has 9 nitrogen and oxygen atoms in total. The summed E-state index contributed by atoms with van der Waals surface area (Å²) in [6, 6.07) is 2.06. The highest BCUT2D eigenvalue weighted by molar-refractivity contribution is 7.85. The van der Waals surface area contributed by atoms with Crippen LogP contribution in [-0.4, -0.2) is 50.1 Å². The first-order valence-corrected chi connectivity index (χ1v) is 7.90. The van der Waals surface area contributed by atoms with Gasteiger partial charge in [-0.3, -0.25) is 14.1 Å². The number of carboxylic acid groups (broad SMARTS) is 1. The lowest BCUT2D eigenvalue weighted by atomic mass is 10.1. The quantitative estimate of drug-likeness (QED) is 0.347. The zero-order chi connectivity index (χ0) is 18.2. The van der Waals surface area contributed by atoms with E-state index in [9.17, 15) is 18.0 Å². The minimum atomic E-state index is -4.25. The van der Waals surface area contributed by atoms with Gasteiger partial charge in [0.15, 0.2) is 0 Å². The lowest BCUT2D eigenvalue weighted by Crippen LogP contribution is -2.38. The molecule has 0 aliphatic heterocycles. The molecular weight excluding hydrogens is 326 g/mol. The molecule has 1 aromatic carbocycles. The van der Waals surface area contributed by atoms with Crippen molar-refractivity contribution in [1.29, 1.82) is 0 Å². The summed E-state index contributed by atoms with van der Waals surface area (Å²) in [7, 11) is -2.60. The van der Waals surface area contributed by atoms with E-state index >= 15 is 0 Å². The fourth-order valence-electron chi connectivity index (χ4n) is 1.55. The second-order valence-electron chi connectivity index (χ2n) is 4.66. The van der Waals surface area contributed by atoms with Crippen molar-refractivity contribution in [3.8, 4) is 0 Å². The number of anilines is 1. The van der Waals surface area contributed by atoms with E-state index in [1.54, 1.807) is 27.0 Å². The molecule has 1 aromatic rings. The summed E-state index contributed by atoms with van der Waals surface area (Å²) >= 11 is 0. The van der Waals surface area contributed by atoms with Gasteiger partial charge < -0.3 is 21.5 Å². The Morgan fingerprint density at radius 1 is 1.39 bits per heavy atom. The lowest BCUT2D eigenvalue weighted by Gasteiger charge is -2.08. The van der Waals surface area contributed by atoms with Gasteiger partial charge in [0.25, 0.3) is 10.1 Å². The Bertz CT molecular complexity index is 660. The van der Waals surface area contributed by atoms with Crippen LogP contribution >= 0.6 is 0 Å². The van der Waals surface area contributed by atoms with Gasteiger partial charge in [-0.25, -0.2) is 0 Å². The van der Waals surface area contributed by atoms with E-state index in [0.29, 0.717) is 29.8 Å². The predicted octanol–water partition coefficient (Wildman–Crippen LogP) is -0.264. The van der Waals surface area contributed by atoms with Gasteiger partial charge in [-0.05, 0) is 44.2 Å². The van der Waals surface area contributed by atoms with E-state index in [1.165, 1.54) is 6.07 Å². The monoisotopic (exact) mass is 347 g/mol. The van der Waals surface area contributed by atoms with Gasteiger partial charge >= 0.3 is 5.97 Å². The maximum absolute atomic E-state index is 11.0. The SMILES string of the molecule is CNC[C@H](N)C(=O)O.Cc1cc(NC=O)cc(S(=O)(=O)O)c1C. The van der Waals surface area contributed by atoms with Gasteiger partial charge in [0.05, 0.1) is 4.90 Å². The summed E-state index contributed by atoms with van der Waals surface area (Å²) < 4.78 is 30.9. The van der Waals surface area contributed by atoms with E-state index in [-0.39, 0.29) is 4.90 Å². The number of amides is 1. The van der Waals surface area contributed by atoms with Crippen LogP contribution in [-0.2, 0) is 19.7 Å². The molecule has 0 saturated heterocycles. The van der Waals surface area contributed by atoms with Gasteiger partial charge in [-0.15, -0.1) is 0 Å². The number of benzene rings is 1. The van der Waals surface area contributed by atoms with Crippen LogP contribution in [0.25, 0.3) is 0 Å². The number of carbonyl (C=O) groups is 2. The van der Waals surface area contributed by atoms with Crippen molar-refractivity contribution < 1.29 is 27.7 Å². The van der Waals surface area contributed by atoms with Crippen LogP contribution in [0.4, 0.5) is 5.69 Å². The number of carbonyl (C=O) groups excluding carboxylic acids is 1. The molecule has 0 aliphatic rings. The molecule has 10 heteroatoms. The first-order valence-electron chi connectivity index (χ1n) is 6.46. The summed E-state index contributed by atoms with van der Waals surface area (Å²) in [4.78, 5) is 19.9. The van der Waals surface area contributed by atoms with Gasteiger partial charge in [0.2, 0.25) is 6.41 Å². The van der Waals surface area contributed by atoms with Crippen molar-refractivity contribution in [2.75, 3.05) is 18.9 Å². The number of rotatable bonds is 6. The Balaban J connectivity index is 0.000000515. The number of aliphatic carboxylic acids is 1. The Morgan fingerprint density at radius 2 is 1.96 bits per heavy atom. The molecule has 0 unspecified atom stereocenters. The van der Waals surface area contributed by atoms with Crippen LogP contribution in [0.3, 0.4) is 0 Å². The van der Waals surface area contributed by atoms with Crippen LogP contribution in [0, 0.1) is 13.8 Å². The van der Waals surface area contributed by atoms with Gasteiger partial charge in [-0.1, -0.05) is 0 Å². The molecule has 0 fully saturated rings. The summed E-state index contributed by atoms with van der Waals surface area (Å²) in [6.45, 7) is 3.60. The van der Waals surface area contributed by atoms with Crippen LogP contribution in [0.15, 0.2) is 17.0 Å². The molecule has 130 valence electrons. The molecule has 0 spiro atoms. The number of likely N-dealkylation sites (N-methyl/N-ethyl adjacent to an activating group) is 1. The Labute approximate surface area is 134 Å². The van der Waals surface area contributed by atoms with E-state index < -0.39 is 22.1 Å². The number of nitrogens with two attached hydrogens (primary N) is 1. The van der Waals surface area contributed by atoms with Crippen LogP contribution in [0.1, 0.15) is 11.1 Å². The smallest absolute Gasteiger partial charge is 0.321 e. The third kappa shape index (κ3) is 7.19. The third-order valence-corrected chi connectivity index (χ3v) is 3.84. The lowest BCUT2D eigenvalue weighted by molar-refractivity contribution is -0.138. The fraction of sp³-hybridized carbons (Fsp3) is 0.385. The average Bonchev–Trinajstić information content (AvgIpc) is 2.42. The highest BCUT2D eigenvalue weighted by atomic mass is 32.2. The zero-order valence-corrected chi connectivity index (χ0v) is 13.8. The number of hydrogen-bond acceptors (Lipinski definition) is 6. The van der Waals surface area contributed by atoms with E-state index in [2.05, 4.69) is 10.6 Å². The van der Waals surface area contributed by atoms with Crippen molar-refractivity contribution in [3.05, 3.63) is 23.3 Å². The predicted molar refractivity (Wildman–Crippen MR) is 85.0 cm³/mol. The molecule has 0 bridgehead atoms. The fourth-order valence-corrected chi connectivity index (χ4v) is 2.38. The molecule has 0 radical (unpaired) electrons. The molecule has 1 atom stereocenters. The standard InChI is InChI=1S/C9H11NO4S.C4H10N2O2/c1-6-3-8(10-5-11)4-9(7(6)2)15(12,13)14;1-6-2-3(5)4(7)8/h3-5H,1-2H3,(H,10,11)(H,12,13,14);3,6H,2,5H2,1H3,(H,7,8)/t;3-/m.0/s1. The molecular formula is C13H21N3O6S. The highest BCUT2D eigenvalue weighted by Gasteiger charge is 2.15. The van der Waals surface area contributed by atoms with Crippen LogP contribution < -0.4 is 16.4 Å². The molecule has 6 N–H and O–H groups in total. The maximum Gasteiger partial charge on any atom is 0.321 e. The average molecular weight is 347 g/mol. The Morgan fingerprint density at radius 3 is 2.30 bits per heavy atom. The van der Waals surface area contributed by atoms with Crippen LogP contribution in [0.2, 0.25) is 0 Å². The maximum atomic E-state index is 11.0. The zero-order valence-electron chi connectivity index (χ0n) is 13.0. The van der Waals surface area contributed by atoms with E-state index in [0.717, 1.165) is 0 Å². The summed E-state index contributed by atoms with van der Waals surface area (Å²) in [5.74, 6) is -0.973. The minimum Gasteiger partial charge on any atom is -0.480 e. The van der Waals surface area contributed by atoms with Gasteiger partial charge in [-0.2, -0.15) is 8.42 Å². The molecule has 23 heavy (non-hydrogen) atoms. The summed E-state index contributed by atoms with van der Waals surface area (Å²) in [5, 5.41) is 13.1. The molecule has 0 saturated carbocycles. The summed E-state index contributed by atoms with van der Waals surface area (Å²) in [5.41, 5.74) is 6.54. The van der Waals surface area contributed by atoms with Crippen LogP contribution in [0.5, 0.6) is 0 Å². The Hall–Kier alpha value is -2.01. The number of carboxylic acids is 1. The first-order chi connectivity index (χ1) is 10.5. The number of nitrogens with one attached hydrogen (secondary N) is 2. The van der Waals surface area contributed by atoms with E-state index in [4.69, 9.17) is 15.4 Å². The number of hydrogen-bond donors (Lipinski definition) is 5. The largest absolute Gasteiger partial charge is 0.480 e. The van der Waals surface area contributed by atoms with Crippen molar-refractivity contribution in [3.63, 3.8) is 0 Å². The topological polar surface area (TPSA) is 159 Å². The second-order valence-corrected chi connectivity index (χ2v) is 6.05. The molecule has 0 heterocycles. The van der Waals surface area contributed by atoms with Crippen molar-refractivity contribution in [2.24, 2.45) is 5.73 Å². The molecule has 1 amide bonds. The number of aryl methyl sites for hydroxylation is 1. The summed E-state index contributed by atoms with van der Waals surface area (Å²) in [6.07, 6.45) is 0.442. The van der Waals surface area contributed by atoms with Gasteiger partial charge in [0, 0.05) is 12.2 Å². The first kappa shape index (κ1) is 21.0. The van der Waals surface area contributed by atoms with Crippen molar-refractivity contribution in [2.45, 2.75) is 24.8 Å². The van der Waals surface area contributed by atoms with Gasteiger partial charge in [0.1, 0.15) is 6.04 Å². The van der Waals surface area contributed by atoms with Crippen molar-refractivity contribution >= 4 is 28.2 Å².